The quantitative estimate of drug-likeness (QED) is 0.448. The number of nitrogens with one attached hydrogen (secondary N) is 2. The van der Waals surface area contributed by atoms with Gasteiger partial charge in [-0.3, -0.25) is 25.0 Å². The number of thiazole rings is 1. The second-order valence-electron chi connectivity index (χ2n) is 6.02. The molecule has 1 heterocycles. The topological polar surface area (TPSA) is 114 Å². The smallest absolute Gasteiger partial charge is 0.270 e. The summed E-state index contributed by atoms with van der Waals surface area (Å²) in [6.45, 7) is 1.90. The van der Waals surface area contributed by atoms with E-state index in [-0.39, 0.29) is 22.2 Å². The lowest BCUT2D eigenvalue weighted by Gasteiger charge is -2.04. The van der Waals surface area contributed by atoms with Crippen LogP contribution in [0.1, 0.15) is 22.8 Å². The molecule has 0 radical (unpaired) electrons. The van der Waals surface area contributed by atoms with E-state index < -0.39 is 10.8 Å². The number of nitro benzene ring substituents is 1. The van der Waals surface area contributed by atoms with Crippen LogP contribution in [0, 0.1) is 10.1 Å². The van der Waals surface area contributed by atoms with Gasteiger partial charge in [-0.25, -0.2) is 4.98 Å². The number of nitro groups is 1. The highest BCUT2D eigenvalue weighted by atomic mass is 35.5. The number of hydrogen-bond donors (Lipinski definition) is 2. The standard InChI is InChI=1S/C19H15ClN4O4S/c1-11(25)21-9-12-2-4-13(5-3-12)17-10-29-19(22-17)23-18(26)15-8-14(24(27)28)6-7-16(15)20/h2-8,10H,9H2,1H3,(H,21,25)(H,22,23,26). The van der Waals surface area contributed by atoms with E-state index in [9.17, 15) is 19.7 Å². The first-order valence-electron chi connectivity index (χ1n) is 8.38. The van der Waals surface area contributed by atoms with Gasteiger partial charge in [-0.2, -0.15) is 0 Å². The van der Waals surface area contributed by atoms with E-state index in [1.807, 2.05) is 24.3 Å². The number of halogens is 1. The van der Waals surface area contributed by atoms with Crippen LogP contribution in [0.15, 0.2) is 47.8 Å². The second-order valence-corrected chi connectivity index (χ2v) is 7.29. The Hall–Kier alpha value is -3.30. The Balaban J connectivity index is 1.72. The fourth-order valence-electron chi connectivity index (χ4n) is 2.45. The molecule has 148 valence electrons. The first kappa shape index (κ1) is 20.4. The summed E-state index contributed by atoms with van der Waals surface area (Å²) in [6, 6.07) is 11.2. The van der Waals surface area contributed by atoms with Gasteiger partial charge in [0.2, 0.25) is 5.91 Å². The molecule has 8 nitrogen and oxygen atoms in total. The summed E-state index contributed by atoms with van der Waals surface area (Å²) >= 11 is 7.22. The van der Waals surface area contributed by atoms with Crippen molar-refractivity contribution in [1.82, 2.24) is 10.3 Å². The molecular weight excluding hydrogens is 416 g/mol. The lowest BCUT2D eigenvalue weighted by atomic mass is 10.1. The largest absolute Gasteiger partial charge is 0.352 e. The van der Waals surface area contributed by atoms with Gasteiger partial charge < -0.3 is 5.32 Å². The van der Waals surface area contributed by atoms with Crippen molar-refractivity contribution in [3.05, 3.63) is 74.1 Å². The fraction of sp³-hybridized carbons (Fsp3) is 0.105. The number of amides is 2. The Morgan fingerprint density at radius 2 is 1.93 bits per heavy atom. The maximum atomic E-state index is 12.4. The average Bonchev–Trinajstić information content (AvgIpc) is 3.15. The van der Waals surface area contributed by atoms with Gasteiger partial charge in [0, 0.05) is 36.5 Å². The molecule has 0 aliphatic carbocycles. The summed E-state index contributed by atoms with van der Waals surface area (Å²) in [5, 5.41) is 18.5. The number of benzene rings is 2. The van der Waals surface area contributed by atoms with Gasteiger partial charge in [0.15, 0.2) is 5.13 Å². The third-order valence-corrected chi connectivity index (χ3v) is 5.01. The molecule has 0 saturated carbocycles. The molecule has 0 aliphatic heterocycles. The summed E-state index contributed by atoms with van der Waals surface area (Å²) in [7, 11) is 0. The summed E-state index contributed by atoms with van der Waals surface area (Å²) in [6.07, 6.45) is 0. The lowest BCUT2D eigenvalue weighted by Crippen LogP contribution is -2.18. The molecule has 0 fully saturated rings. The van der Waals surface area contributed by atoms with Gasteiger partial charge in [0.25, 0.3) is 11.6 Å². The molecule has 0 bridgehead atoms. The monoisotopic (exact) mass is 430 g/mol. The minimum absolute atomic E-state index is 0.0000547. The third-order valence-electron chi connectivity index (χ3n) is 3.92. The molecule has 1 aromatic heterocycles. The van der Waals surface area contributed by atoms with Gasteiger partial charge in [0.1, 0.15) is 0 Å². The van der Waals surface area contributed by atoms with E-state index in [2.05, 4.69) is 15.6 Å². The van der Waals surface area contributed by atoms with E-state index in [0.717, 1.165) is 17.2 Å². The van der Waals surface area contributed by atoms with Crippen molar-refractivity contribution >= 4 is 45.6 Å². The molecule has 0 spiro atoms. The van der Waals surface area contributed by atoms with Crippen LogP contribution in [0.5, 0.6) is 0 Å². The van der Waals surface area contributed by atoms with Gasteiger partial charge in [-0.1, -0.05) is 35.9 Å². The predicted octanol–water partition coefficient (Wildman–Crippen LogP) is 4.26. The molecular formula is C19H15ClN4O4S. The number of carbonyl (C=O) groups excluding carboxylic acids is 2. The predicted molar refractivity (Wildman–Crippen MR) is 111 cm³/mol. The third kappa shape index (κ3) is 5.15. The Morgan fingerprint density at radius 1 is 1.21 bits per heavy atom. The van der Waals surface area contributed by atoms with E-state index in [4.69, 9.17) is 11.6 Å². The molecule has 2 N–H and O–H groups in total. The minimum atomic E-state index is -0.593. The zero-order chi connectivity index (χ0) is 21.0. The van der Waals surface area contributed by atoms with Crippen molar-refractivity contribution in [1.29, 1.82) is 0 Å². The summed E-state index contributed by atoms with van der Waals surface area (Å²) in [4.78, 5) is 38.1. The minimum Gasteiger partial charge on any atom is -0.352 e. The summed E-state index contributed by atoms with van der Waals surface area (Å²) in [5.74, 6) is -0.678. The van der Waals surface area contributed by atoms with Crippen LogP contribution in [-0.4, -0.2) is 21.7 Å². The molecule has 0 unspecified atom stereocenters. The van der Waals surface area contributed by atoms with E-state index in [1.54, 1.807) is 5.38 Å². The van der Waals surface area contributed by atoms with Crippen LogP contribution in [0.3, 0.4) is 0 Å². The Labute approximate surface area is 174 Å². The van der Waals surface area contributed by atoms with Crippen molar-refractivity contribution in [3.8, 4) is 11.3 Å². The summed E-state index contributed by atoms with van der Waals surface area (Å²) < 4.78 is 0. The van der Waals surface area contributed by atoms with Gasteiger partial charge >= 0.3 is 0 Å². The van der Waals surface area contributed by atoms with Crippen LogP contribution in [0.2, 0.25) is 5.02 Å². The number of aromatic nitrogens is 1. The number of anilines is 1. The highest BCUT2D eigenvalue weighted by Crippen LogP contribution is 2.27. The zero-order valence-corrected chi connectivity index (χ0v) is 16.7. The van der Waals surface area contributed by atoms with Crippen LogP contribution in [-0.2, 0) is 11.3 Å². The van der Waals surface area contributed by atoms with Crippen molar-refractivity contribution in [2.24, 2.45) is 0 Å². The second kappa shape index (κ2) is 8.80. The van der Waals surface area contributed by atoms with Gasteiger partial charge in [0.05, 0.1) is 21.2 Å². The van der Waals surface area contributed by atoms with Crippen LogP contribution < -0.4 is 10.6 Å². The molecule has 2 aromatic carbocycles. The molecule has 10 heteroatoms. The number of non-ortho nitro benzene ring substituents is 1. The lowest BCUT2D eigenvalue weighted by molar-refractivity contribution is -0.384. The molecule has 3 aromatic rings. The average molecular weight is 431 g/mol. The fourth-order valence-corrected chi connectivity index (χ4v) is 3.37. The van der Waals surface area contributed by atoms with Crippen molar-refractivity contribution in [3.63, 3.8) is 0 Å². The highest BCUT2D eigenvalue weighted by Gasteiger charge is 2.17. The van der Waals surface area contributed by atoms with Crippen LogP contribution in [0.4, 0.5) is 10.8 Å². The maximum Gasteiger partial charge on any atom is 0.270 e. The number of nitrogens with zero attached hydrogens (tertiary/aromatic N) is 2. The van der Waals surface area contributed by atoms with E-state index in [1.165, 1.54) is 30.4 Å². The Kier molecular flexibility index (Phi) is 6.20. The van der Waals surface area contributed by atoms with Crippen LogP contribution in [0.25, 0.3) is 11.3 Å². The zero-order valence-electron chi connectivity index (χ0n) is 15.1. The summed E-state index contributed by atoms with van der Waals surface area (Å²) in [5.41, 5.74) is 2.25. The maximum absolute atomic E-state index is 12.4. The first-order chi connectivity index (χ1) is 13.8. The van der Waals surface area contributed by atoms with E-state index in [0.29, 0.717) is 17.4 Å². The number of rotatable bonds is 6. The van der Waals surface area contributed by atoms with E-state index >= 15 is 0 Å². The first-order valence-corrected chi connectivity index (χ1v) is 9.64. The SMILES string of the molecule is CC(=O)NCc1ccc(-c2csc(NC(=O)c3cc([N+](=O)[O-])ccc3Cl)n2)cc1. The molecule has 0 aliphatic rings. The van der Waals surface area contributed by atoms with Gasteiger partial charge in [-0.05, 0) is 11.6 Å². The molecule has 0 saturated heterocycles. The van der Waals surface area contributed by atoms with Crippen molar-refractivity contribution < 1.29 is 14.5 Å². The van der Waals surface area contributed by atoms with Crippen molar-refractivity contribution in [2.75, 3.05) is 5.32 Å². The van der Waals surface area contributed by atoms with Crippen LogP contribution >= 0.6 is 22.9 Å². The Morgan fingerprint density at radius 3 is 2.59 bits per heavy atom. The van der Waals surface area contributed by atoms with Gasteiger partial charge in [-0.15, -0.1) is 11.3 Å². The normalized spacial score (nSPS) is 10.4. The molecule has 29 heavy (non-hydrogen) atoms. The van der Waals surface area contributed by atoms with Crippen molar-refractivity contribution in [2.45, 2.75) is 13.5 Å². The molecule has 3 rings (SSSR count). The molecule has 2 amide bonds. The molecule has 0 atom stereocenters. The highest BCUT2D eigenvalue weighted by molar-refractivity contribution is 7.14. The number of carbonyl (C=O) groups is 2. The number of hydrogen-bond acceptors (Lipinski definition) is 6. The Bertz CT molecular complexity index is 1080.